The van der Waals surface area contributed by atoms with Gasteiger partial charge in [0.15, 0.2) is 0 Å². The highest BCUT2D eigenvalue weighted by molar-refractivity contribution is 7.14. The van der Waals surface area contributed by atoms with Crippen molar-refractivity contribution >= 4 is 28.6 Å². The quantitative estimate of drug-likeness (QED) is 0.877. The van der Waals surface area contributed by atoms with Crippen molar-refractivity contribution in [3.63, 3.8) is 0 Å². The Labute approximate surface area is 114 Å². The Kier molecular flexibility index (Phi) is 3.56. The number of carbonyl (C=O) groups excluding carboxylic acids is 1. The van der Waals surface area contributed by atoms with Crippen LogP contribution in [0.4, 0.5) is 0 Å². The van der Waals surface area contributed by atoms with Crippen molar-refractivity contribution in [3.05, 3.63) is 33.3 Å². The first kappa shape index (κ1) is 13.3. The highest BCUT2D eigenvalue weighted by Crippen LogP contribution is 2.39. The number of hydrogen-bond acceptors (Lipinski definition) is 5. The van der Waals surface area contributed by atoms with E-state index in [4.69, 9.17) is 4.74 Å². The van der Waals surface area contributed by atoms with Crippen LogP contribution in [0.25, 0.3) is 10.4 Å². The summed E-state index contributed by atoms with van der Waals surface area (Å²) in [6.07, 6.45) is 0. The smallest absolute Gasteiger partial charge is 0.339 e. The first-order valence-electron chi connectivity index (χ1n) is 5.40. The van der Waals surface area contributed by atoms with Crippen LogP contribution in [0, 0.1) is 0 Å². The number of esters is 1. The zero-order valence-electron chi connectivity index (χ0n) is 10.4. The Bertz CT molecular complexity index is 561. The Morgan fingerprint density at radius 3 is 2.72 bits per heavy atom. The Morgan fingerprint density at radius 2 is 2.11 bits per heavy atom. The van der Waals surface area contributed by atoms with Gasteiger partial charge in [0.1, 0.15) is 0 Å². The molecule has 0 bridgehead atoms. The zero-order valence-corrected chi connectivity index (χ0v) is 12.0. The topological polar surface area (TPSA) is 46.5 Å². The summed E-state index contributed by atoms with van der Waals surface area (Å²) in [6.45, 7) is 3.48. The lowest BCUT2D eigenvalue weighted by molar-refractivity contribution is 0.0601. The molecule has 2 rings (SSSR count). The molecule has 0 saturated heterocycles. The molecule has 96 valence electrons. The summed E-state index contributed by atoms with van der Waals surface area (Å²) in [7, 11) is 1.37. The second-order valence-electron chi connectivity index (χ2n) is 4.41. The summed E-state index contributed by atoms with van der Waals surface area (Å²) >= 11 is 2.97. The molecule has 18 heavy (non-hydrogen) atoms. The van der Waals surface area contributed by atoms with Crippen molar-refractivity contribution in [1.29, 1.82) is 0 Å². The standard InChI is InChI=1S/C13H14O3S2/c1-13(2,15)10-4-5-18-11(10)8-6-17-7-9(8)12(14)16-3/h4-7,15H,1-3H3. The molecule has 2 aromatic heterocycles. The van der Waals surface area contributed by atoms with Crippen molar-refractivity contribution in [3.8, 4) is 10.4 Å². The van der Waals surface area contributed by atoms with E-state index >= 15 is 0 Å². The molecule has 2 aromatic rings. The molecule has 0 atom stereocenters. The monoisotopic (exact) mass is 282 g/mol. The van der Waals surface area contributed by atoms with Crippen LogP contribution >= 0.6 is 22.7 Å². The molecular formula is C13H14O3S2. The number of thiophene rings is 2. The van der Waals surface area contributed by atoms with Crippen molar-refractivity contribution in [2.24, 2.45) is 0 Å². The minimum atomic E-state index is -0.926. The van der Waals surface area contributed by atoms with E-state index in [0.29, 0.717) is 5.56 Å². The van der Waals surface area contributed by atoms with Gasteiger partial charge in [-0.2, -0.15) is 11.3 Å². The van der Waals surface area contributed by atoms with E-state index < -0.39 is 5.60 Å². The van der Waals surface area contributed by atoms with Gasteiger partial charge in [-0.1, -0.05) is 0 Å². The summed E-state index contributed by atoms with van der Waals surface area (Å²) in [4.78, 5) is 12.6. The van der Waals surface area contributed by atoms with Gasteiger partial charge in [-0.05, 0) is 25.3 Å². The van der Waals surface area contributed by atoms with Gasteiger partial charge in [0.25, 0.3) is 0 Å². The van der Waals surface area contributed by atoms with E-state index in [-0.39, 0.29) is 5.97 Å². The third-order valence-corrected chi connectivity index (χ3v) is 4.33. The predicted octanol–water partition coefficient (Wildman–Crippen LogP) is 3.49. The molecule has 3 nitrogen and oxygen atoms in total. The zero-order chi connectivity index (χ0) is 13.3. The van der Waals surface area contributed by atoms with E-state index in [2.05, 4.69) is 0 Å². The maximum Gasteiger partial charge on any atom is 0.339 e. The first-order valence-corrected chi connectivity index (χ1v) is 7.22. The van der Waals surface area contributed by atoms with Crippen LogP contribution in [0.3, 0.4) is 0 Å². The van der Waals surface area contributed by atoms with Crippen molar-refractivity contribution in [2.75, 3.05) is 7.11 Å². The molecule has 0 fully saturated rings. The molecule has 1 N–H and O–H groups in total. The van der Waals surface area contributed by atoms with E-state index in [1.54, 1.807) is 19.2 Å². The second kappa shape index (κ2) is 4.84. The van der Waals surface area contributed by atoms with Crippen LogP contribution in [-0.4, -0.2) is 18.2 Å². The fourth-order valence-corrected chi connectivity index (χ4v) is 3.70. The Hall–Kier alpha value is -1.17. The average molecular weight is 282 g/mol. The lowest BCUT2D eigenvalue weighted by atomic mass is 9.96. The number of aliphatic hydroxyl groups is 1. The molecular weight excluding hydrogens is 268 g/mol. The highest BCUT2D eigenvalue weighted by atomic mass is 32.1. The normalized spacial score (nSPS) is 11.6. The Morgan fingerprint density at radius 1 is 1.39 bits per heavy atom. The van der Waals surface area contributed by atoms with Crippen molar-refractivity contribution in [1.82, 2.24) is 0 Å². The van der Waals surface area contributed by atoms with Gasteiger partial charge in [0, 0.05) is 26.8 Å². The molecule has 0 aliphatic rings. The number of methoxy groups -OCH3 is 1. The molecule has 2 heterocycles. The van der Waals surface area contributed by atoms with Crippen molar-refractivity contribution in [2.45, 2.75) is 19.4 Å². The molecule has 0 aliphatic heterocycles. The minimum Gasteiger partial charge on any atom is -0.465 e. The minimum absolute atomic E-state index is 0.346. The fourth-order valence-electron chi connectivity index (χ4n) is 1.74. The summed E-state index contributed by atoms with van der Waals surface area (Å²) in [6, 6.07) is 1.89. The maximum atomic E-state index is 11.7. The molecule has 0 unspecified atom stereocenters. The summed E-state index contributed by atoms with van der Waals surface area (Å²) < 4.78 is 4.77. The highest BCUT2D eigenvalue weighted by Gasteiger charge is 2.25. The molecule has 5 heteroatoms. The van der Waals surface area contributed by atoms with Gasteiger partial charge in [-0.3, -0.25) is 0 Å². The SMILES string of the molecule is COC(=O)c1cscc1-c1sccc1C(C)(C)O. The van der Waals surface area contributed by atoms with Gasteiger partial charge in [0.2, 0.25) is 0 Å². The molecule has 0 spiro atoms. The van der Waals surface area contributed by atoms with Gasteiger partial charge in [0.05, 0.1) is 18.3 Å². The van der Waals surface area contributed by atoms with Gasteiger partial charge in [-0.15, -0.1) is 11.3 Å². The lowest BCUT2D eigenvalue weighted by Crippen LogP contribution is -2.15. The van der Waals surface area contributed by atoms with Crippen LogP contribution < -0.4 is 0 Å². The number of carbonyl (C=O) groups is 1. The molecule has 0 radical (unpaired) electrons. The van der Waals surface area contributed by atoms with Crippen LogP contribution in [0.15, 0.2) is 22.2 Å². The van der Waals surface area contributed by atoms with E-state index in [9.17, 15) is 9.90 Å². The largest absolute Gasteiger partial charge is 0.465 e. The van der Waals surface area contributed by atoms with Crippen LogP contribution in [0.1, 0.15) is 29.8 Å². The average Bonchev–Trinajstić information content (AvgIpc) is 2.94. The van der Waals surface area contributed by atoms with E-state index in [0.717, 1.165) is 16.0 Å². The Balaban J connectivity index is 2.54. The van der Waals surface area contributed by atoms with Gasteiger partial charge in [-0.25, -0.2) is 4.79 Å². The summed E-state index contributed by atoms with van der Waals surface area (Å²) in [5.41, 5.74) is 1.29. The first-order chi connectivity index (χ1) is 8.45. The predicted molar refractivity (Wildman–Crippen MR) is 74.2 cm³/mol. The fraction of sp³-hybridized carbons (Fsp3) is 0.308. The third kappa shape index (κ3) is 2.34. The van der Waals surface area contributed by atoms with Crippen LogP contribution in [0.2, 0.25) is 0 Å². The summed E-state index contributed by atoms with van der Waals surface area (Å²) in [5.74, 6) is -0.346. The van der Waals surface area contributed by atoms with E-state index in [1.165, 1.54) is 29.8 Å². The lowest BCUT2D eigenvalue weighted by Gasteiger charge is -2.18. The third-order valence-electron chi connectivity index (χ3n) is 2.64. The molecule has 0 aliphatic carbocycles. The molecule has 0 amide bonds. The van der Waals surface area contributed by atoms with Crippen LogP contribution in [-0.2, 0) is 10.3 Å². The number of ether oxygens (including phenoxy) is 1. The maximum absolute atomic E-state index is 11.7. The van der Waals surface area contributed by atoms with Crippen molar-refractivity contribution < 1.29 is 14.6 Å². The molecule has 0 aromatic carbocycles. The number of rotatable bonds is 3. The van der Waals surface area contributed by atoms with Gasteiger partial charge < -0.3 is 9.84 Å². The van der Waals surface area contributed by atoms with Crippen LogP contribution in [0.5, 0.6) is 0 Å². The molecule has 0 saturated carbocycles. The van der Waals surface area contributed by atoms with E-state index in [1.807, 2.05) is 16.8 Å². The summed E-state index contributed by atoms with van der Waals surface area (Å²) in [5, 5.41) is 15.7. The second-order valence-corrected chi connectivity index (χ2v) is 6.07. The number of hydrogen-bond donors (Lipinski definition) is 1. The van der Waals surface area contributed by atoms with Gasteiger partial charge >= 0.3 is 5.97 Å².